The number of hydrogen-bond acceptors (Lipinski definition) is 2. The number of nitrogens with zero attached hydrogens (tertiary/aromatic N) is 1. The highest BCUT2D eigenvalue weighted by atomic mass is 16.2. The summed E-state index contributed by atoms with van der Waals surface area (Å²) in [6, 6.07) is 7.40. The van der Waals surface area contributed by atoms with Crippen molar-refractivity contribution in [1.29, 1.82) is 0 Å². The van der Waals surface area contributed by atoms with Gasteiger partial charge in [-0.3, -0.25) is 9.59 Å². The predicted octanol–water partition coefficient (Wildman–Crippen LogP) is 2.55. The normalized spacial score (nSPS) is 18.7. The lowest BCUT2D eigenvalue weighted by molar-refractivity contribution is -0.126. The molecule has 2 rings (SSSR count). The summed E-state index contributed by atoms with van der Waals surface area (Å²) < 4.78 is 0. The van der Waals surface area contributed by atoms with Gasteiger partial charge in [-0.15, -0.1) is 0 Å². The van der Waals surface area contributed by atoms with Crippen molar-refractivity contribution < 1.29 is 9.59 Å². The number of piperidine rings is 1. The van der Waals surface area contributed by atoms with E-state index < -0.39 is 0 Å². The molecule has 2 amide bonds. The first-order valence-corrected chi connectivity index (χ1v) is 7.67. The lowest BCUT2D eigenvalue weighted by atomic mass is 9.98. The monoisotopic (exact) mass is 288 g/mol. The van der Waals surface area contributed by atoms with Gasteiger partial charge in [0.1, 0.15) is 6.04 Å². The second-order valence-corrected chi connectivity index (χ2v) is 5.90. The number of carbonyl (C=O) groups excluding carboxylic acids is 2. The van der Waals surface area contributed by atoms with E-state index in [9.17, 15) is 9.59 Å². The van der Waals surface area contributed by atoms with E-state index in [1.165, 1.54) is 5.56 Å². The number of nitrogens with one attached hydrogen (secondary N) is 1. The van der Waals surface area contributed by atoms with Gasteiger partial charge in [0.25, 0.3) is 5.91 Å². The number of likely N-dealkylation sites (N-methyl/N-ethyl adjacent to an activating group) is 1. The summed E-state index contributed by atoms with van der Waals surface area (Å²) in [6.07, 6.45) is 2.70. The molecule has 114 valence electrons. The van der Waals surface area contributed by atoms with E-state index in [0.29, 0.717) is 18.0 Å². The van der Waals surface area contributed by atoms with Crippen molar-refractivity contribution in [2.75, 3.05) is 13.6 Å². The summed E-state index contributed by atoms with van der Waals surface area (Å²) in [5.41, 5.74) is 1.88. The molecule has 4 nitrogen and oxygen atoms in total. The first kappa shape index (κ1) is 15.5. The molecule has 1 saturated heterocycles. The minimum atomic E-state index is -0.332. The Morgan fingerprint density at radius 2 is 1.86 bits per heavy atom. The predicted molar refractivity (Wildman–Crippen MR) is 83.3 cm³/mol. The smallest absolute Gasteiger partial charge is 0.254 e. The molecule has 1 aliphatic heterocycles. The van der Waals surface area contributed by atoms with Gasteiger partial charge in [-0.25, -0.2) is 0 Å². The molecule has 4 heteroatoms. The molecule has 1 unspecified atom stereocenters. The van der Waals surface area contributed by atoms with Crippen LogP contribution in [0.4, 0.5) is 0 Å². The largest absolute Gasteiger partial charge is 0.357 e. The zero-order chi connectivity index (χ0) is 15.4. The molecule has 0 bridgehead atoms. The van der Waals surface area contributed by atoms with Crippen LogP contribution in [0.1, 0.15) is 54.9 Å². The molecule has 1 fully saturated rings. The van der Waals surface area contributed by atoms with Gasteiger partial charge >= 0.3 is 0 Å². The van der Waals surface area contributed by atoms with Crippen LogP contribution in [-0.4, -0.2) is 36.3 Å². The highest BCUT2D eigenvalue weighted by molar-refractivity contribution is 5.97. The van der Waals surface area contributed by atoms with E-state index in [-0.39, 0.29) is 17.9 Å². The number of amides is 2. The number of benzene rings is 1. The molecule has 0 aromatic heterocycles. The van der Waals surface area contributed by atoms with Crippen molar-refractivity contribution in [3.63, 3.8) is 0 Å². The Balaban J connectivity index is 2.18. The molecule has 0 spiro atoms. The van der Waals surface area contributed by atoms with Crippen molar-refractivity contribution in [3.8, 4) is 0 Å². The fraction of sp³-hybridized carbons (Fsp3) is 0.529. The van der Waals surface area contributed by atoms with E-state index >= 15 is 0 Å². The van der Waals surface area contributed by atoms with Crippen molar-refractivity contribution in [3.05, 3.63) is 35.4 Å². The fourth-order valence-corrected chi connectivity index (χ4v) is 2.79. The van der Waals surface area contributed by atoms with E-state index in [4.69, 9.17) is 0 Å². The summed E-state index contributed by atoms with van der Waals surface area (Å²) in [5.74, 6) is 0.336. The lowest BCUT2D eigenvalue weighted by Gasteiger charge is -2.34. The average molecular weight is 288 g/mol. The van der Waals surface area contributed by atoms with Crippen molar-refractivity contribution in [2.45, 2.75) is 45.1 Å². The van der Waals surface area contributed by atoms with Gasteiger partial charge in [0.15, 0.2) is 0 Å². The molecule has 21 heavy (non-hydrogen) atoms. The van der Waals surface area contributed by atoms with Gasteiger partial charge in [0.05, 0.1) is 0 Å². The second kappa shape index (κ2) is 6.74. The third kappa shape index (κ3) is 3.43. The van der Waals surface area contributed by atoms with Crippen molar-refractivity contribution >= 4 is 11.8 Å². The number of rotatable bonds is 3. The van der Waals surface area contributed by atoms with E-state index in [2.05, 4.69) is 19.2 Å². The summed E-state index contributed by atoms with van der Waals surface area (Å²) in [5, 5.41) is 2.66. The molecule has 1 N–H and O–H groups in total. The van der Waals surface area contributed by atoms with Gasteiger partial charge in [-0.1, -0.05) is 26.0 Å². The number of carbonyl (C=O) groups is 2. The molecule has 1 heterocycles. The maximum atomic E-state index is 12.7. The first-order chi connectivity index (χ1) is 10.0. The molecule has 1 aromatic carbocycles. The summed E-state index contributed by atoms with van der Waals surface area (Å²) >= 11 is 0. The van der Waals surface area contributed by atoms with Gasteiger partial charge in [-0.2, -0.15) is 0 Å². The van der Waals surface area contributed by atoms with E-state index in [1.807, 2.05) is 24.3 Å². The SMILES string of the molecule is CNC(=O)C1CCCCN1C(=O)c1ccc(C(C)C)cc1. The van der Waals surface area contributed by atoms with Gasteiger partial charge in [0.2, 0.25) is 5.91 Å². The molecule has 1 aromatic rings. The van der Waals surface area contributed by atoms with Crippen LogP contribution < -0.4 is 5.32 Å². The van der Waals surface area contributed by atoms with Gasteiger partial charge < -0.3 is 10.2 Å². The molecule has 0 aliphatic carbocycles. The number of hydrogen-bond donors (Lipinski definition) is 1. The third-order valence-electron chi connectivity index (χ3n) is 4.14. The van der Waals surface area contributed by atoms with Crippen LogP contribution in [0.15, 0.2) is 24.3 Å². The second-order valence-electron chi connectivity index (χ2n) is 5.90. The molecule has 1 aliphatic rings. The zero-order valence-corrected chi connectivity index (χ0v) is 13.1. The van der Waals surface area contributed by atoms with Crippen LogP contribution in [0.2, 0.25) is 0 Å². The highest BCUT2D eigenvalue weighted by Crippen LogP contribution is 2.21. The maximum absolute atomic E-state index is 12.7. The van der Waals surface area contributed by atoms with Crippen LogP contribution in [0.25, 0.3) is 0 Å². The van der Waals surface area contributed by atoms with Crippen LogP contribution in [-0.2, 0) is 4.79 Å². The minimum absolute atomic E-state index is 0.0430. The molecule has 0 saturated carbocycles. The highest BCUT2D eigenvalue weighted by Gasteiger charge is 2.31. The lowest BCUT2D eigenvalue weighted by Crippen LogP contribution is -2.51. The molecular formula is C17H24N2O2. The quantitative estimate of drug-likeness (QED) is 0.929. The third-order valence-corrected chi connectivity index (χ3v) is 4.14. The minimum Gasteiger partial charge on any atom is -0.357 e. The Kier molecular flexibility index (Phi) is 4.99. The van der Waals surface area contributed by atoms with Gasteiger partial charge in [0, 0.05) is 19.2 Å². The van der Waals surface area contributed by atoms with E-state index in [0.717, 1.165) is 19.3 Å². The average Bonchev–Trinajstić information content (AvgIpc) is 2.53. The van der Waals surface area contributed by atoms with Crippen LogP contribution >= 0.6 is 0 Å². The van der Waals surface area contributed by atoms with E-state index in [1.54, 1.807) is 11.9 Å². The molecule has 0 radical (unpaired) electrons. The van der Waals surface area contributed by atoms with Crippen LogP contribution in [0.3, 0.4) is 0 Å². The summed E-state index contributed by atoms with van der Waals surface area (Å²) in [6.45, 7) is 4.91. The van der Waals surface area contributed by atoms with Crippen molar-refractivity contribution in [1.82, 2.24) is 10.2 Å². The Morgan fingerprint density at radius 1 is 1.19 bits per heavy atom. The molecule has 1 atom stereocenters. The Hall–Kier alpha value is -1.84. The number of likely N-dealkylation sites (tertiary alicyclic amines) is 1. The summed E-state index contributed by atoms with van der Waals surface area (Å²) in [7, 11) is 1.62. The Bertz CT molecular complexity index is 508. The molecular weight excluding hydrogens is 264 g/mol. The standard InChI is InChI=1S/C17H24N2O2/c1-12(2)13-7-9-14(10-8-13)17(21)19-11-5-4-6-15(19)16(20)18-3/h7-10,12,15H,4-6,11H2,1-3H3,(H,18,20). The topological polar surface area (TPSA) is 49.4 Å². The van der Waals surface area contributed by atoms with Crippen LogP contribution in [0.5, 0.6) is 0 Å². The van der Waals surface area contributed by atoms with Crippen LogP contribution in [0, 0.1) is 0 Å². The first-order valence-electron chi connectivity index (χ1n) is 7.67. The van der Waals surface area contributed by atoms with Crippen molar-refractivity contribution in [2.24, 2.45) is 0 Å². The fourth-order valence-electron chi connectivity index (χ4n) is 2.79. The Morgan fingerprint density at radius 3 is 2.43 bits per heavy atom. The maximum Gasteiger partial charge on any atom is 0.254 e. The van der Waals surface area contributed by atoms with Gasteiger partial charge in [-0.05, 0) is 42.9 Å². The zero-order valence-electron chi connectivity index (χ0n) is 13.1. The Labute approximate surface area is 126 Å². The summed E-state index contributed by atoms with van der Waals surface area (Å²) in [4.78, 5) is 26.3.